The fourth-order valence-electron chi connectivity index (χ4n) is 7.99. The van der Waals surface area contributed by atoms with Gasteiger partial charge in [0.2, 0.25) is 27.7 Å². The number of carbonyl (C=O) groups excluding carboxylic acids is 4. The number of hydrogen-bond acceptors (Lipinski definition) is 12. The van der Waals surface area contributed by atoms with Crippen molar-refractivity contribution in [3.8, 4) is 22.5 Å². The molecule has 18 heteroatoms. The standard InChI is InChI=1S/C42H57N7O9S2/c1-8-56-32-24-59-35(44-32)28-16-14-18-30-33(28)45-38(49(30)25(2)3)57-27-21-31-34(50)46-42(37(52)47-60(54,55)41(7)19-20-41)22-26(42)15-12-10-9-11-13-17-29(36(51)48(31)23-27)43-39(53)58-40(4,5)6/h12,14-16,18,24-27,29,31H,8-11,13,17,19-23H2,1-7H3,(H,43,53)(H,46,50)(H,47,52)/b15-12-/t26-,27-,29+,31+,42-/m1/s1. The molecule has 4 amide bonds. The predicted octanol–water partition coefficient (Wildman–Crippen LogP) is 5.77. The number of fused-ring (bicyclic) bond motifs is 3. The highest BCUT2D eigenvalue weighted by atomic mass is 32.2. The molecule has 2 aliphatic carbocycles. The largest absolute Gasteiger partial charge is 0.477 e. The number of alkyl carbamates (subject to hydrolysis) is 1. The number of imidazole rings is 1. The Morgan fingerprint density at radius 2 is 1.88 bits per heavy atom. The number of allylic oxidation sites excluding steroid dienone is 1. The molecule has 7 rings (SSSR count). The predicted molar refractivity (Wildman–Crippen MR) is 226 cm³/mol. The lowest BCUT2D eigenvalue weighted by molar-refractivity contribution is -0.141. The van der Waals surface area contributed by atoms with Crippen molar-refractivity contribution in [2.24, 2.45) is 5.92 Å². The second-order valence-corrected chi connectivity index (χ2v) is 20.9. The molecule has 60 heavy (non-hydrogen) atoms. The first kappa shape index (κ1) is 43.4. The van der Waals surface area contributed by atoms with E-state index in [2.05, 4.69) is 20.3 Å². The Morgan fingerprint density at radius 1 is 1.12 bits per heavy atom. The van der Waals surface area contributed by atoms with E-state index in [-0.39, 0.29) is 25.4 Å². The molecule has 326 valence electrons. The van der Waals surface area contributed by atoms with Crippen LogP contribution in [0.1, 0.15) is 112 Å². The lowest BCUT2D eigenvalue weighted by Gasteiger charge is -2.30. The number of para-hydroxylation sites is 1. The van der Waals surface area contributed by atoms with Crippen LogP contribution in [0.2, 0.25) is 0 Å². The SMILES string of the molecule is CCOc1csc(-c2cccc3c2nc(O[C@@H]2C[C@H]4C(=O)N[C@]5(C(=O)NS(=O)(=O)C6(C)CC6)C[C@H]5/C=C\CCCCC[C@H](NC(=O)OC(C)(C)C)C(=O)N4C2)n3C(C)C)n1. The lowest BCUT2D eigenvalue weighted by atomic mass is 10.0. The zero-order chi connectivity index (χ0) is 43.2. The van der Waals surface area contributed by atoms with Crippen molar-refractivity contribution in [2.45, 2.75) is 146 Å². The molecular formula is C42H57N7O9S2. The van der Waals surface area contributed by atoms with Crippen LogP contribution in [0.25, 0.3) is 21.6 Å². The van der Waals surface area contributed by atoms with Crippen molar-refractivity contribution in [1.29, 1.82) is 0 Å². The summed E-state index contributed by atoms with van der Waals surface area (Å²) < 4.78 is 47.5. The number of thiazole rings is 1. The Kier molecular flexibility index (Phi) is 12.0. The van der Waals surface area contributed by atoms with Crippen LogP contribution in [0, 0.1) is 5.92 Å². The Hall–Kier alpha value is -4.71. The Balaban J connectivity index is 1.22. The van der Waals surface area contributed by atoms with Crippen LogP contribution in [0.4, 0.5) is 4.79 Å². The Labute approximate surface area is 355 Å². The van der Waals surface area contributed by atoms with Gasteiger partial charge in [-0.25, -0.2) is 18.2 Å². The number of hydrogen-bond donors (Lipinski definition) is 3. The number of rotatable bonds is 10. The first-order chi connectivity index (χ1) is 28.3. The Morgan fingerprint density at radius 3 is 2.58 bits per heavy atom. The molecule has 0 bridgehead atoms. The zero-order valence-electron chi connectivity index (χ0n) is 35.4. The molecular weight excluding hydrogens is 811 g/mol. The van der Waals surface area contributed by atoms with Gasteiger partial charge < -0.3 is 29.7 Å². The van der Waals surface area contributed by atoms with Crippen LogP contribution >= 0.6 is 11.3 Å². The average Bonchev–Trinajstić information content (AvgIpc) is 3.85. The van der Waals surface area contributed by atoms with Crippen LogP contribution < -0.4 is 24.8 Å². The van der Waals surface area contributed by atoms with E-state index in [1.165, 1.54) is 16.2 Å². The molecule has 2 saturated carbocycles. The minimum Gasteiger partial charge on any atom is -0.477 e. The summed E-state index contributed by atoms with van der Waals surface area (Å²) in [7, 11) is -4.01. The smallest absolute Gasteiger partial charge is 0.408 e. The molecule has 2 aliphatic heterocycles. The summed E-state index contributed by atoms with van der Waals surface area (Å²) in [5.74, 6) is -1.85. The summed E-state index contributed by atoms with van der Waals surface area (Å²) in [5, 5.41) is 8.26. The number of ether oxygens (including phenoxy) is 3. The third kappa shape index (κ3) is 8.99. The van der Waals surface area contributed by atoms with E-state index in [1.807, 2.05) is 61.1 Å². The highest BCUT2D eigenvalue weighted by Crippen LogP contribution is 2.48. The monoisotopic (exact) mass is 867 g/mol. The van der Waals surface area contributed by atoms with Gasteiger partial charge in [-0.1, -0.05) is 31.1 Å². The van der Waals surface area contributed by atoms with Gasteiger partial charge in [0.25, 0.3) is 11.9 Å². The van der Waals surface area contributed by atoms with Gasteiger partial charge in [-0.2, -0.15) is 4.98 Å². The van der Waals surface area contributed by atoms with Crippen molar-refractivity contribution in [2.75, 3.05) is 13.2 Å². The molecule has 3 N–H and O–H groups in total. The molecule has 1 aromatic carbocycles. The summed E-state index contributed by atoms with van der Waals surface area (Å²) in [6.45, 7) is 13.2. The molecule has 0 radical (unpaired) electrons. The molecule has 4 heterocycles. The number of benzene rings is 1. The molecule has 2 aromatic heterocycles. The minimum atomic E-state index is -4.01. The molecule has 16 nitrogen and oxygen atoms in total. The van der Waals surface area contributed by atoms with E-state index in [0.29, 0.717) is 56.1 Å². The van der Waals surface area contributed by atoms with Gasteiger partial charge in [0, 0.05) is 23.9 Å². The molecule has 0 unspecified atom stereocenters. The second-order valence-electron chi connectivity index (χ2n) is 17.9. The topological polar surface area (TPSA) is 200 Å². The number of nitrogens with one attached hydrogen (secondary N) is 3. The van der Waals surface area contributed by atoms with E-state index < -0.39 is 73.8 Å². The van der Waals surface area contributed by atoms with Crippen molar-refractivity contribution in [3.63, 3.8) is 0 Å². The maximum absolute atomic E-state index is 14.7. The van der Waals surface area contributed by atoms with E-state index in [0.717, 1.165) is 28.9 Å². The van der Waals surface area contributed by atoms with Crippen LogP contribution in [-0.4, -0.2) is 98.9 Å². The highest BCUT2D eigenvalue weighted by Gasteiger charge is 2.63. The lowest BCUT2D eigenvalue weighted by Crippen LogP contribution is -2.58. The molecule has 1 saturated heterocycles. The number of amides is 4. The number of nitrogens with zero attached hydrogens (tertiary/aromatic N) is 4. The number of sulfonamides is 1. The van der Waals surface area contributed by atoms with Crippen molar-refractivity contribution < 1.29 is 41.8 Å². The van der Waals surface area contributed by atoms with E-state index in [1.54, 1.807) is 27.7 Å². The van der Waals surface area contributed by atoms with Gasteiger partial charge in [0.15, 0.2) is 0 Å². The maximum atomic E-state index is 14.7. The molecule has 3 aromatic rings. The summed E-state index contributed by atoms with van der Waals surface area (Å²) in [6.07, 6.45) is 6.57. The second kappa shape index (κ2) is 16.6. The first-order valence-corrected chi connectivity index (χ1v) is 23.3. The summed E-state index contributed by atoms with van der Waals surface area (Å²) in [5.41, 5.74) is -0.0798. The van der Waals surface area contributed by atoms with E-state index >= 15 is 0 Å². The quantitative estimate of drug-likeness (QED) is 0.209. The number of aromatic nitrogens is 3. The van der Waals surface area contributed by atoms with Gasteiger partial charge in [0.1, 0.15) is 39.9 Å². The van der Waals surface area contributed by atoms with Crippen LogP contribution in [0.15, 0.2) is 35.7 Å². The van der Waals surface area contributed by atoms with Crippen molar-refractivity contribution in [1.82, 2.24) is 34.8 Å². The normalized spacial score (nSPS) is 26.2. The summed E-state index contributed by atoms with van der Waals surface area (Å²) in [4.78, 5) is 67.4. The third-order valence-electron chi connectivity index (χ3n) is 11.6. The fraction of sp³-hybridized carbons (Fsp3) is 0.619. The third-order valence-corrected chi connectivity index (χ3v) is 14.7. The summed E-state index contributed by atoms with van der Waals surface area (Å²) >= 11 is 1.44. The first-order valence-electron chi connectivity index (χ1n) is 21.0. The van der Waals surface area contributed by atoms with Crippen LogP contribution in [-0.2, 0) is 29.1 Å². The summed E-state index contributed by atoms with van der Waals surface area (Å²) in [6, 6.07) is 3.86. The van der Waals surface area contributed by atoms with Crippen molar-refractivity contribution in [3.05, 3.63) is 35.7 Å². The van der Waals surface area contributed by atoms with Crippen molar-refractivity contribution >= 4 is 56.2 Å². The fourth-order valence-corrected chi connectivity index (χ4v) is 10.1. The van der Waals surface area contributed by atoms with Gasteiger partial charge in [-0.15, -0.1) is 11.3 Å². The van der Waals surface area contributed by atoms with Crippen LogP contribution in [0.5, 0.6) is 11.9 Å². The minimum absolute atomic E-state index is 0.0307. The average molecular weight is 868 g/mol. The molecule has 4 aliphatic rings. The molecule has 3 fully saturated rings. The number of carbonyl (C=O) groups is 4. The molecule has 0 spiro atoms. The zero-order valence-corrected chi connectivity index (χ0v) is 37.0. The van der Waals surface area contributed by atoms with Crippen LogP contribution in [0.3, 0.4) is 0 Å². The molecule has 5 atom stereocenters. The van der Waals surface area contributed by atoms with Gasteiger partial charge in [-0.05, 0) is 99.1 Å². The Bertz CT molecular complexity index is 2280. The maximum Gasteiger partial charge on any atom is 0.408 e. The highest BCUT2D eigenvalue weighted by molar-refractivity contribution is 7.91. The van der Waals surface area contributed by atoms with Gasteiger partial charge in [0.05, 0.1) is 28.8 Å². The van der Waals surface area contributed by atoms with E-state index in [9.17, 15) is 27.6 Å². The van der Waals surface area contributed by atoms with Gasteiger partial charge in [-0.3, -0.25) is 23.7 Å². The van der Waals surface area contributed by atoms with E-state index in [4.69, 9.17) is 19.2 Å². The van der Waals surface area contributed by atoms with Gasteiger partial charge >= 0.3 is 6.09 Å².